The van der Waals surface area contributed by atoms with Crippen LogP contribution in [0.5, 0.6) is 5.75 Å². The highest BCUT2D eigenvalue weighted by molar-refractivity contribution is 6.30. The van der Waals surface area contributed by atoms with E-state index in [0.29, 0.717) is 11.6 Å². The maximum atomic E-state index is 10.7. The molecule has 0 fully saturated rings. The molecule has 0 bridgehead atoms. The van der Waals surface area contributed by atoms with Gasteiger partial charge in [0.15, 0.2) is 0 Å². The Labute approximate surface area is 130 Å². The largest absolute Gasteiger partial charge is 0.496 e. The number of rotatable bonds is 5. The smallest absolute Gasteiger partial charge is 0.122 e. The third kappa shape index (κ3) is 3.56. The van der Waals surface area contributed by atoms with Crippen molar-refractivity contribution in [3.8, 4) is 5.75 Å². The number of hydrogen-bond donors (Lipinski definition) is 2. The van der Waals surface area contributed by atoms with E-state index in [-0.39, 0.29) is 5.92 Å². The van der Waals surface area contributed by atoms with Gasteiger partial charge in [0.25, 0.3) is 0 Å². The molecule has 4 heteroatoms. The maximum absolute atomic E-state index is 10.7. The first-order chi connectivity index (χ1) is 10.1. The molecule has 3 nitrogen and oxygen atoms in total. The first-order valence-corrected chi connectivity index (χ1v) is 7.22. The van der Waals surface area contributed by atoms with Gasteiger partial charge in [-0.25, -0.2) is 0 Å². The van der Waals surface area contributed by atoms with Crippen molar-refractivity contribution in [3.05, 3.63) is 64.2 Å². The molecular weight excluding hydrogens is 286 g/mol. The van der Waals surface area contributed by atoms with Crippen LogP contribution in [0.1, 0.15) is 28.7 Å². The summed E-state index contributed by atoms with van der Waals surface area (Å²) in [7, 11) is 1.62. The monoisotopic (exact) mass is 305 g/mol. The molecule has 0 amide bonds. The third-order valence-corrected chi connectivity index (χ3v) is 3.88. The van der Waals surface area contributed by atoms with E-state index in [1.54, 1.807) is 19.2 Å². The van der Waals surface area contributed by atoms with Crippen molar-refractivity contribution in [2.24, 2.45) is 5.73 Å². The third-order valence-electron chi connectivity index (χ3n) is 3.63. The molecule has 2 rings (SSSR count). The van der Waals surface area contributed by atoms with Crippen LogP contribution < -0.4 is 10.5 Å². The van der Waals surface area contributed by atoms with E-state index in [2.05, 4.69) is 0 Å². The zero-order valence-corrected chi connectivity index (χ0v) is 13.0. The van der Waals surface area contributed by atoms with Gasteiger partial charge in [-0.2, -0.15) is 0 Å². The highest BCUT2D eigenvalue weighted by Crippen LogP contribution is 2.36. The Morgan fingerprint density at radius 1 is 1.19 bits per heavy atom. The zero-order chi connectivity index (χ0) is 15.4. The first-order valence-electron chi connectivity index (χ1n) is 6.85. The van der Waals surface area contributed by atoms with Gasteiger partial charge in [-0.3, -0.25) is 0 Å². The van der Waals surface area contributed by atoms with Gasteiger partial charge in [0.05, 0.1) is 13.2 Å². The number of aliphatic hydroxyl groups is 1. The summed E-state index contributed by atoms with van der Waals surface area (Å²) in [5, 5.41) is 11.3. The summed E-state index contributed by atoms with van der Waals surface area (Å²) in [6, 6.07) is 13.1. The molecule has 0 saturated carbocycles. The second kappa shape index (κ2) is 6.94. The Bertz CT molecular complexity index is 598. The molecule has 21 heavy (non-hydrogen) atoms. The Morgan fingerprint density at radius 3 is 2.43 bits per heavy atom. The number of aliphatic hydroxyl groups excluding tert-OH is 1. The summed E-state index contributed by atoms with van der Waals surface area (Å²) in [5.41, 5.74) is 8.72. The molecule has 2 aromatic carbocycles. The van der Waals surface area contributed by atoms with E-state index < -0.39 is 6.10 Å². The van der Waals surface area contributed by atoms with E-state index in [4.69, 9.17) is 22.1 Å². The van der Waals surface area contributed by atoms with E-state index in [9.17, 15) is 5.11 Å². The van der Waals surface area contributed by atoms with E-state index in [0.717, 1.165) is 22.4 Å². The van der Waals surface area contributed by atoms with Gasteiger partial charge in [0, 0.05) is 23.0 Å². The molecular formula is C17H20ClNO2. The number of aryl methyl sites for hydroxylation is 1. The van der Waals surface area contributed by atoms with Gasteiger partial charge in [-0.15, -0.1) is 0 Å². The molecule has 2 aromatic rings. The number of nitrogens with two attached hydrogens (primary N) is 1. The van der Waals surface area contributed by atoms with Crippen molar-refractivity contribution in [3.63, 3.8) is 0 Å². The van der Waals surface area contributed by atoms with Crippen LogP contribution in [0.4, 0.5) is 0 Å². The lowest BCUT2D eigenvalue weighted by molar-refractivity contribution is 0.146. The summed E-state index contributed by atoms with van der Waals surface area (Å²) in [4.78, 5) is 0. The Balaban J connectivity index is 2.39. The number of ether oxygens (including phenoxy) is 1. The molecule has 0 aliphatic carbocycles. The standard InChI is InChI=1S/C17H20ClNO2/c1-11-3-8-16(21-2)14(9-11)15(10-19)17(20)12-4-6-13(18)7-5-12/h3-9,15,17,20H,10,19H2,1-2H3. The lowest BCUT2D eigenvalue weighted by Gasteiger charge is -2.24. The van der Waals surface area contributed by atoms with Crippen molar-refractivity contribution in [1.82, 2.24) is 0 Å². The summed E-state index contributed by atoms with van der Waals surface area (Å²) in [5.74, 6) is 0.505. The Morgan fingerprint density at radius 2 is 1.86 bits per heavy atom. The molecule has 0 radical (unpaired) electrons. The number of methoxy groups -OCH3 is 1. The lowest BCUT2D eigenvalue weighted by Crippen LogP contribution is -2.21. The molecule has 0 saturated heterocycles. The lowest BCUT2D eigenvalue weighted by atomic mass is 9.88. The predicted octanol–water partition coefficient (Wildman–Crippen LogP) is 3.43. The number of halogens is 1. The van der Waals surface area contributed by atoms with Crippen LogP contribution >= 0.6 is 11.6 Å². The summed E-state index contributed by atoms with van der Waals surface area (Å²) >= 11 is 5.89. The van der Waals surface area contributed by atoms with E-state index in [1.165, 1.54) is 0 Å². The highest BCUT2D eigenvalue weighted by Gasteiger charge is 2.24. The summed E-state index contributed by atoms with van der Waals surface area (Å²) in [6.45, 7) is 2.33. The fourth-order valence-corrected chi connectivity index (χ4v) is 2.59. The average Bonchev–Trinajstić information content (AvgIpc) is 2.49. The fraction of sp³-hybridized carbons (Fsp3) is 0.294. The van der Waals surface area contributed by atoms with Crippen LogP contribution in [0.3, 0.4) is 0 Å². The second-order valence-electron chi connectivity index (χ2n) is 5.08. The summed E-state index contributed by atoms with van der Waals surface area (Å²) < 4.78 is 5.40. The van der Waals surface area contributed by atoms with Crippen molar-refractivity contribution in [2.75, 3.05) is 13.7 Å². The second-order valence-corrected chi connectivity index (χ2v) is 5.52. The average molecular weight is 306 g/mol. The van der Waals surface area contributed by atoms with Gasteiger partial charge >= 0.3 is 0 Å². The van der Waals surface area contributed by atoms with Crippen LogP contribution in [0, 0.1) is 6.92 Å². The van der Waals surface area contributed by atoms with E-state index >= 15 is 0 Å². The molecule has 0 aliphatic rings. The number of benzene rings is 2. The molecule has 0 heterocycles. The van der Waals surface area contributed by atoms with Crippen molar-refractivity contribution >= 4 is 11.6 Å². The Kier molecular flexibility index (Phi) is 5.23. The molecule has 2 atom stereocenters. The minimum Gasteiger partial charge on any atom is -0.496 e. The molecule has 3 N–H and O–H groups in total. The predicted molar refractivity (Wildman–Crippen MR) is 85.9 cm³/mol. The highest BCUT2D eigenvalue weighted by atomic mass is 35.5. The minimum absolute atomic E-state index is 0.235. The van der Waals surface area contributed by atoms with Gasteiger partial charge in [-0.05, 0) is 30.7 Å². The van der Waals surface area contributed by atoms with Crippen LogP contribution in [-0.4, -0.2) is 18.8 Å². The quantitative estimate of drug-likeness (QED) is 0.890. The van der Waals surface area contributed by atoms with Crippen LogP contribution in [-0.2, 0) is 0 Å². The molecule has 2 unspecified atom stereocenters. The maximum Gasteiger partial charge on any atom is 0.122 e. The normalized spacial score (nSPS) is 13.8. The first kappa shape index (κ1) is 15.8. The van der Waals surface area contributed by atoms with Gasteiger partial charge in [-0.1, -0.05) is 41.4 Å². The molecule has 0 spiro atoms. The molecule has 0 aromatic heterocycles. The van der Waals surface area contributed by atoms with Crippen molar-refractivity contribution < 1.29 is 9.84 Å². The van der Waals surface area contributed by atoms with Gasteiger partial charge in [0.1, 0.15) is 5.75 Å². The van der Waals surface area contributed by atoms with Crippen LogP contribution in [0.25, 0.3) is 0 Å². The van der Waals surface area contributed by atoms with Crippen molar-refractivity contribution in [2.45, 2.75) is 18.9 Å². The van der Waals surface area contributed by atoms with Gasteiger partial charge < -0.3 is 15.6 Å². The molecule has 0 aliphatic heterocycles. The van der Waals surface area contributed by atoms with Crippen LogP contribution in [0.2, 0.25) is 5.02 Å². The minimum atomic E-state index is -0.706. The van der Waals surface area contributed by atoms with E-state index in [1.807, 2.05) is 37.3 Å². The fourth-order valence-electron chi connectivity index (χ4n) is 2.46. The van der Waals surface area contributed by atoms with Gasteiger partial charge in [0.2, 0.25) is 0 Å². The zero-order valence-electron chi connectivity index (χ0n) is 12.2. The SMILES string of the molecule is COc1ccc(C)cc1C(CN)C(O)c1ccc(Cl)cc1. The topological polar surface area (TPSA) is 55.5 Å². The molecule has 112 valence electrons. The number of hydrogen-bond acceptors (Lipinski definition) is 3. The van der Waals surface area contributed by atoms with Crippen LogP contribution in [0.15, 0.2) is 42.5 Å². The van der Waals surface area contributed by atoms with Crippen molar-refractivity contribution in [1.29, 1.82) is 0 Å². The Hall–Kier alpha value is -1.55. The summed E-state index contributed by atoms with van der Waals surface area (Å²) in [6.07, 6.45) is -0.706.